The van der Waals surface area contributed by atoms with Crippen molar-refractivity contribution in [1.29, 1.82) is 0 Å². The summed E-state index contributed by atoms with van der Waals surface area (Å²) in [5.74, 6) is 0. The molecule has 0 saturated heterocycles. The van der Waals surface area contributed by atoms with Gasteiger partial charge in [-0.25, -0.2) is 0 Å². The fraction of sp³-hybridized carbons (Fsp3) is 0.312. The van der Waals surface area contributed by atoms with Crippen molar-refractivity contribution < 1.29 is 0 Å². The minimum atomic E-state index is 0.500. The molecular formula is C16H19N3. The zero-order chi connectivity index (χ0) is 13.1. The number of pyridine rings is 1. The van der Waals surface area contributed by atoms with Crippen molar-refractivity contribution in [3.63, 3.8) is 0 Å². The molecule has 98 valence electrons. The van der Waals surface area contributed by atoms with Crippen LogP contribution in [0.2, 0.25) is 0 Å². The van der Waals surface area contributed by atoms with Crippen LogP contribution in [0.15, 0.2) is 42.6 Å². The van der Waals surface area contributed by atoms with Gasteiger partial charge < -0.3 is 10.6 Å². The average Bonchev–Trinajstić information content (AvgIpc) is 2.70. The first-order valence-electron chi connectivity index (χ1n) is 6.84. The Labute approximate surface area is 114 Å². The zero-order valence-corrected chi connectivity index (χ0v) is 11.0. The number of hydrogen-bond donors (Lipinski definition) is 1. The second-order valence-electron chi connectivity index (χ2n) is 4.93. The molecule has 2 heterocycles. The van der Waals surface area contributed by atoms with Gasteiger partial charge in [0.05, 0.1) is 11.4 Å². The van der Waals surface area contributed by atoms with Gasteiger partial charge in [-0.1, -0.05) is 24.3 Å². The molecule has 0 aliphatic carbocycles. The van der Waals surface area contributed by atoms with E-state index in [1.807, 2.05) is 12.3 Å². The molecule has 19 heavy (non-hydrogen) atoms. The number of hydrogen-bond acceptors (Lipinski definition) is 3. The molecule has 1 aliphatic heterocycles. The van der Waals surface area contributed by atoms with Crippen molar-refractivity contribution in [3.8, 4) is 0 Å². The third kappa shape index (κ3) is 2.47. The molecule has 0 amide bonds. The normalized spacial score (nSPS) is 14.9. The molecule has 1 aromatic heterocycles. The number of aromatic nitrogens is 1. The SMILES string of the molecule is NCc1ncccc1N1CCc2ccccc2CC1. The van der Waals surface area contributed by atoms with E-state index in [4.69, 9.17) is 5.73 Å². The quantitative estimate of drug-likeness (QED) is 0.891. The third-order valence-electron chi connectivity index (χ3n) is 3.82. The molecule has 0 bridgehead atoms. The molecule has 3 rings (SSSR count). The van der Waals surface area contributed by atoms with Crippen LogP contribution >= 0.6 is 0 Å². The first kappa shape index (κ1) is 12.2. The van der Waals surface area contributed by atoms with Gasteiger partial charge in [0.1, 0.15) is 0 Å². The van der Waals surface area contributed by atoms with Crippen molar-refractivity contribution in [2.45, 2.75) is 19.4 Å². The van der Waals surface area contributed by atoms with E-state index in [1.54, 1.807) is 0 Å². The third-order valence-corrected chi connectivity index (χ3v) is 3.82. The van der Waals surface area contributed by atoms with E-state index in [9.17, 15) is 0 Å². The van der Waals surface area contributed by atoms with Crippen molar-refractivity contribution in [2.75, 3.05) is 18.0 Å². The smallest absolute Gasteiger partial charge is 0.0772 e. The summed E-state index contributed by atoms with van der Waals surface area (Å²) in [6.07, 6.45) is 4.00. The molecule has 3 nitrogen and oxygen atoms in total. The van der Waals surface area contributed by atoms with E-state index in [0.717, 1.165) is 31.6 Å². The van der Waals surface area contributed by atoms with Crippen LogP contribution in [0.1, 0.15) is 16.8 Å². The Morgan fingerprint density at radius 3 is 2.32 bits per heavy atom. The van der Waals surface area contributed by atoms with Crippen LogP contribution < -0.4 is 10.6 Å². The molecular weight excluding hydrogens is 234 g/mol. The van der Waals surface area contributed by atoms with E-state index in [0.29, 0.717) is 6.54 Å². The second kappa shape index (κ2) is 5.41. The summed E-state index contributed by atoms with van der Waals surface area (Å²) in [4.78, 5) is 6.80. The lowest BCUT2D eigenvalue weighted by Gasteiger charge is -2.24. The molecule has 0 saturated carbocycles. The Kier molecular flexibility index (Phi) is 3.47. The number of benzene rings is 1. The summed E-state index contributed by atoms with van der Waals surface area (Å²) < 4.78 is 0. The van der Waals surface area contributed by atoms with E-state index in [2.05, 4.69) is 40.2 Å². The molecule has 0 atom stereocenters. The van der Waals surface area contributed by atoms with E-state index >= 15 is 0 Å². The van der Waals surface area contributed by atoms with Crippen molar-refractivity contribution in [1.82, 2.24) is 4.98 Å². The summed E-state index contributed by atoms with van der Waals surface area (Å²) in [7, 11) is 0. The predicted octanol–water partition coefficient (Wildman–Crippen LogP) is 2.15. The summed E-state index contributed by atoms with van der Waals surface area (Å²) in [6.45, 7) is 2.57. The lowest BCUT2D eigenvalue weighted by atomic mass is 10.0. The summed E-state index contributed by atoms with van der Waals surface area (Å²) in [5.41, 5.74) is 10.9. The van der Waals surface area contributed by atoms with Gasteiger partial charge in [-0.05, 0) is 36.1 Å². The van der Waals surface area contributed by atoms with Crippen molar-refractivity contribution in [2.24, 2.45) is 5.73 Å². The largest absolute Gasteiger partial charge is 0.369 e. The lowest BCUT2D eigenvalue weighted by Crippen LogP contribution is -2.27. The van der Waals surface area contributed by atoms with Crippen molar-refractivity contribution >= 4 is 5.69 Å². The maximum Gasteiger partial charge on any atom is 0.0772 e. The molecule has 0 spiro atoms. The van der Waals surface area contributed by atoms with Gasteiger partial charge in [-0.15, -0.1) is 0 Å². The van der Waals surface area contributed by atoms with Gasteiger partial charge in [0.2, 0.25) is 0 Å². The molecule has 0 fully saturated rings. The highest BCUT2D eigenvalue weighted by Crippen LogP contribution is 2.22. The number of nitrogens with two attached hydrogens (primary N) is 1. The molecule has 2 N–H and O–H groups in total. The van der Waals surface area contributed by atoms with Crippen molar-refractivity contribution in [3.05, 3.63) is 59.4 Å². The Bertz CT molecular complexity index is 538. The van der Waals surface area contributed by atoms with Gasteiger partial charge in [-0.2, -0.15) is 0 Å². The summed E-state index contributed by atoms with van der Waals surface area (Å²) in [5, 5.41) is 0. The van der Waals surface area contributed by atoms with Gasteiger partial charge in [0.25, 0.3) is 0 Å². The number of anilines is 1. The summed E-state index contributed by atoms with van der Waals surface area (Å²) in [6, 6.07) is 12.9. The Hall–Kier alpha value is -1.87. The highest BCUT2D eigenvalue weighted by Gasteiger charge is 2.16. The monoisotopic (exact) mass is 253 g/mol. The van der Waals surface area contributed by atoms with Crippen LogP contribution in [-0.4, -0.2) is 18.1 Å². The second-order valence-corrected chi connectivity index (χ2v) is 4.93. The van der Waals surface area contributed by atoms with Gasteiger partial charge in [-0.3, -0.25) is 4.98 Å². The molecule has 1 aliphatic rings. The standard InChI is InChI=1S/C16H19N3/c17-12-15-16(6-3-9-18-15)19-10-7-13-4-1-2-5-14(13)8-11-19/h1-6,9H,7-8,10-12,17H2. The highest BCUT2D eigenvalue weighted by molar-refractivity contribution is 5.51. The fourth-order valence-electron chi connectivity index (χ4n) is 2.78. The minimum Gasteiger partial charge on any atom is -0.369 e. The highest BCUT2D eigenvalue weighted by atomic mass is 15.1. The molecule has 0 radical (unpaired) electrons. The maximum atomic E-state index is 5.79. The van der Waals surface area contributed by atoms with Gasteiger partial charge in [0.15, 0.2) is 0 Å². The number of rotatable bonds is 2. The molecule has 0 unspecified atom stereocenters. The van der Waals surface area contributed by atoms with E-state index < -0.39 is 0 Å². The maximum absolute atomic E-state index is 5.79. The summed E-state index contributed by atoms with van der Waals surface area (Å²) >= 11 is 0. The lowest BCUT2D eigenvalue weighted by molar-refractivity contribution is 0.790. The zero-order valence-electron chi connectivity index (χ0n) is 11.0. The Morgan fingerprint density at radius 1 is 1.00 bits per heavy atom. The Balaban J connectivity index is 1.85. The fourth-order valence-corrected chi connectivity index (χ4v) is 2.78. The first-order valence-corrected chi connectivity index (χ1v) is 6.84. The van der Waals surface area contributed by atoms with Crippen LogP contribution in [0.25, 0.3) is 0 Å². The minimum absolute atomic E-state index is 0.500. The first-order chi connectivity index (χ1) is 9.38. The van der Waals surface area contributed by atoms with Crippen LogP contribution in [0.5, 0.6) is 0 Å². The molecule has 2 aromatic rings. The van der Waals surface area contributed by atoms with Crippen LogP contribution in [0.3, 0.4) is 0 Å². The number of nitrogens with zero attached hydrogens (tertiary/aromatic N) is 2. The van der Waals surface area contributed by atoms with E-state index in [1.165, 1.54) is 16.8 Å². The van der Waals surface area contributed by atoms with Crippen LogP contribution in [-0.2, 0) is 19.4 Å². The molecule has 3 heteroatoms. The van der Waals surface area contributed by atoms with Crippen LogP contribution in [0.4, 0.5) is 5.69 Å². The average molecular weight is 253 g/mol. The number of fused-ring (bicyclic) bond motifs is 1. The van der Waals surface area contributed by atoms with Gasteiger partial charge in [0, 0.05) is 25.8 Å². The Morgan fingerprint density at radius 2 is 1.68 bits per heavy atom. The topological polar surface area (TPSA) is 42.1 Å². The van der Waals surface area contributed by atoms with Crippen LogP contribution in [0, 0.1) is 0 Å². The van der Waals surface area contributed by atoms with E-state index in [-0.39, 0.29) is 0 Å². The van der Waals surface area contributed by atoms with Gasteiger partial charge >= 0.3 is 0 Å². The molecule has 1 aromatic carbocycles. The predicted molar refractivity (Wildman–Crippen MR) is 78.2 cm³/mol.